The number of rotatable bonds is 10. The van der Waals surface area contributed by atoms with E-state index in [1.165, 1.54) is 208 Å². The Morgan fingerprint density at radius 3 is 0.700 bits per heavy atom. The van der Waals surface area contributed by atoms with Crippen molar-refractivity contribution in [3.8, 4) is 39.1 Å². The number of hydrogen-bond donors (Lipinski definition) is 0. The topological polar surface area (TPSA) is 18.2 Å². The van der Waals surface area contributed by atoms with E-state index in [0.717, 1.165) is 54.4 Å². The van der Waals surface area contributed by atoms with Gasteiger partial charge in [0, 0.05) is 81.1 Å². The zero-order chi connectivity index (χ0) is 92.9. The Morgan fingerprint density at radius 1 is 0.177 bits per heavy atom. The molecule has 0 aliphatic heterocycles. The average molecular weight is 1680 g/mol. The molecule has 0 saturated heterocycles. The van der Waals surface area contributed by atoms with Crippen LogP contribution in [0.4, 0.5) is 0 Å². The summed E-state index contributed by atoms with van der Waals surface area (Å²) in [7, 11) is 0. The van der Waals surface area contributed by atoms with Crippen LogP contribution in [-0.2, 0) is 0 Å². The van der Waals surface area contributed by atoms with Crippen LogP contribution in [0.15, 0.2) is 352 Å². The van der Waals surface area contributed by atoms with E-state index in [1.807, 2.05) is 24.3 Å². The highest BCUT2D eigenvalue weighted by atomic mass is 15.0. The minimum atomic E-state index is -0.379. The van der Waals surface area contributed by atoms with E-state index in [9.17, 15) is 0 Å². The van der Waals surface area contributed by atoms with Crippen LogP contribution in [0.1, 0.15) is 160 Å². The van der Waals surface area contributed by atoms with E-state index in [2.05, 4.69) is 392 Å². The Morgan fingerprint density at radius 2 is 0.431 bits per heavy atom. The first-order valence-electron chi connectivity index (χ1n) is 49.5. The first kappa shape index (κ1) is 71.2. The van der Waals surface area contributed by atoms with Gasteiger partial charge in [-0.05, 0) is 300 Å². The molecular formula is C126H100N4. The van der Waals surface area contributed by atoms with E-state index in [0.29, 0.717) is 47.1 Å². The highest BCUT2D eigenvalue weighted by Gasteiger charge is 2.27. The van der Waals surface area contributed by atoms with Gasteiger partial charge in [-0.15, -0.1) is 0 Å². The Kier molecular flexibility index (Phi) is 16.1. The maximum absolute atomic E-state index is 8.76. The van der Waals surface area contributed by atoms with Crippen molar-refractivity contribution in [2.24, 2.45) is 0 Å². The Balaban J connectivity index is 0.000000110. The van der Waals surface area contributed by atoms with Crippen molar-refractivity contribution in [3.63, 3.8) is 0 Å². The molecule has 0 unspecified atom stereocenters. The van der Waals surface area contributed by atoms with Crippen LogP contribution in [0.25, 0.3) is 240 Å². The molecule has 0 spiro atoms. The molecule has 130 heavy (non-hydrogen) atoms. The molecule has 624 valence electrons. The monoisotopic (exact) mass is 1670 g/mol. The fraction of sp³-hybridized carbons (Fsp3) is 0.143. The SMILES string of the molecule is CC(C)c1ccc2cc3c(cc2c1)c1cc(-c2ccc(-n4c5ccccc5c5ccccc54)cc2)cc2c4cc5cc(C(C)C)ccc5cc4n3c12.[2H]c1c([2H])c([2H])c(-c2cc3c4cc5cc(C(C)C)ccc5cc4n4c5cc6ccc(C(C)C)cc6cc5c(c2)c34)c([2H])c1[2H].[2H]c1ccc(-c2cc3c4cc5cc(C(C)C)ccc5cc4n4c5cc6ccc(C(C)C)cc6cc5c(c2)c34)cc1. The summed E-state index contributed by atoms with van der Waals surface area (Å²) in [5, 5.41) is 32.2. The molecule has 20 aromatic carbocycles. The van der Waals surface area contributed by atoms with Crippen molar-refractivity contribution in [3.05, 3.63) is 385 Å². The van der Waals surface area contributed by atoms with Crippen LogP contribution >= 0.6 is 0 Å². The van der Waals surface area contributed by atoms with Gasteiger partial charge in [-0.1, -0.05) is 301 Å². The van der Waals surface area contributed by atoms with E-state index >= 15 is 0 Å². The molecular weight excluding hydrogens is 1570 g/mol. The van der Waals surface area contributed by atoms with Gasteiger partial charge in [0.1, 0.15) is 0 Å². The van der Waals surface area contributed by atoms with E-state index in [1.54, 1.807) is 0 Å². The third-order valence-corrected chi connectivity index (χ3v) is 28.9. The highest BCUT2D eigenvalue weighted by Crippen LogP contribution is 2.50. The number of nitrogens with zero attached hydrogens (tertiary/aromatic N) is 4. The summed E-state index contributed by atoms with van der Waals surface area (Å²) >= 11 is 0. The maximum atomic E-state index is 8.76. The second-order valence-electron chi connectivity index (χ2n) is 38.8. The summed E-state index contributed by atoms with van der Waals surface area (Å²) in [5.41, 5.74) is 28.3. The molecule has 0 N–H and O–H groups in total. The number of para-hydroxylation sites is 2. The predicted molar refractivity (Wildman–Crippen MR) is 564 cm³/mol. The third-order valence-electron chi connectivity index (χ3n) is 28.9. The lowest BCUT2D eigenvalue weighted by atomic mass is 9.95. The molecule has 7 aromatic heterocycles. The van der Waals surface area contributed by atoms with Gasteiger partial charge in [0.05, 0.1) is 68.9 Å². The van der Waals surface area contributed by atoms with Gasteiger partial charge in [0.15, 0.2) is 0 Å². The number of benzene rings is 20. The Bertz CT molecular complexity index is 9270. The first-order chi connectivity index (χ1) is 65.8. The minimum absolute atomic E-state index is 0.184. The molecule has 4 heteroatoms. The molecule has 4 nitrogen and oxygen atoms in total. The van der Waals surface area contributed by atoms with Gasteiger partial charge < -0.3 is 17.8 Å². The summed E-state index contributed by atoms with van der Waals surface area (Å²) < 4.78 is 60.1. The van der Waals surface area contributed by atoms with E-state index in [-0.39, 0.29) is 35.8 Å². The number of fused-ring (bicyclic) bond motifs is 27. The summed E-state index contributed by atoms with van der Waals surface area (Å²) in [4.78, 5) is 0. The van der Waals surface area contributed by atoms with Gasteiger partial charge in [0.25, 0.3) is 0 Å². The zero-order valence-electron chi connectivity index (χ0n) is 81.3. The van der Waals surface area contributed by atoms with Crippen molar-refractivity contribution >= 4 is 201 Å². The zero-order valence-corrected chi connectivity index (χ0v) is 75.3. The lowest BCUT2D eigenvalue weighted by Gasteiger charge is -2.10. The molecule has 0 saturated carbocycles. The van der Waals surface area contributed by atoms with Crippen LogP contribution in [0.5, 0.6) is 0 Å². The van der Waals surface area contributed by atoms with Crippen LogP contribution in [0, 0.1) is 0 Å². The van der Waals surface area contributed by atoms with Crippen molar-refractivity contribution in [2.45, 2.75) is 119 Å². The van der Waals surface area contributed by atoms with Gasteiger partial charge in [-0.3, -0.25) is 0 Å². The summed E-state index contributed by atoms with van der Waals surface area (Å²) in [6.07, 6.45) is 0. The van der Waals surface area contributed by atoms with Crippen molar-refractivity contribution < 1.29 is 8.22 Å². The Hall–Kier alpha value is -14.8. The van der Waals surface area contributed by atoms with Gasteiger partial charge in [-0.25, -0.2) is 0 Å². The van der Waals surface area contributed by atoms with E-state index < -0.39 is 0 Å². The summed E-state index contributed by atoms with van der Waals surface area (Å²) in [6.45, 7) is 27.0. The van der Waals surface area contributed by atoms with Gasteiger partial charge >= 0.3 is 0 Å². The number of hydrogen-bond acceptors (Lipinski definition) is 0. The largest absolute Gasteiger partial charge is 0.309 e. The normalized spacial score (nSPS) is 13.2. The molecule has 27 rings (SSSR count). The van der Waals surface area contributed by atoms with Gasteiger partial charge in [0.2, 0.25) is 0 Å². The van der Waals surface area contributed by atoms with Crippen molar-refractivity contribution in [1.82, 2.24) is 17.8 Å². The second-order valence-corrected chi connectivity index (χ2v) is 38.8. The lowest BCUT2D eigenvalue weighted by Crippen LogP contribution is -1.93. The summed E-state index contributed by atoms with van der Waals surface area (Å²) in [5.74, 6) is 2.79. The fourth-order valence-corrected chi connectivity index (χ4v) is 21.8. The minimum Gasteiger partial charge on any atom is -0.309 e. The van der Waals surface area contributed by atoms with Crippen LogP contribution in [0.3, 0.4) is 0 Å². The molecule has 0 atom stereocenters. The fourth-order valence-electron chi connectivity index (χ4n) is 21.8. The maximum Gasteiger partial charge on any atom is 0.0629 e. The molecule has 0 aliphatic rings. The summed E-state index contributed by atoms with van der Waals surface area (Å²) in [6, 6.07) is 117. The quantitative estimate of drug-likeness (QED) is 0.130. The molecule has 7 heterocycles. The smallest absolute Gasteiger partial charge is 0.0629 e. The molecule has 0 fully saturated rings. The van der Waals surface area contributed by atoms with Crippen molar-refractivity contribution in [2.75, 3.05) is 0 Å². The third kappa shape index (κ3) is 12.1. The standard InChI is InChI=1S/C50H38N2.2C38H31N/c1-29(2)32-13-15-34-27-48-42(23-36(34)21-32)44-25-38(26-45-43-24-37-22-33(30(3)4)14-16-35(37)28-49(43)52(48)50(44)45)31-17-19-39(20-18-31)51-46-11-7-5-9-40(46)41-10-6-8-12-47(41)51;2*1-22(2)25-10-12-27-20-36-32(16-29(27)14-25)34-18-31(24-8-6-5-7-9-24)19-35-33-17-30-15-26(23(3)4)11-13-28(30)21-37(33)39(36)38(34)35/h5-30H,1-4H3;2*5-23H,1-4H3/i;5D,6D,7D,8D,9D;5D. The Labute approximate surface area is 764 Å². The molecule has 0 amide bonds. The second kappa shape index (κ2) is 29.4. The van der Waals surface area contributed by atoms with Gasteiger partial charge in [-0.2, -0.15) is 0 Å². The lowest BCUT2D eigenvalue weighted by molar-refractivity contribution is 0.869. The molecule has 0 radical (unpaired) electrons. The molecule has 27 aromatic rings. The number of aromatic nitrogens is 4. The van der Waals surface area contributed by atoms with E-state index in [4.69, 9.17) is 8.22 Å². The first-order valence-corrected chi connectivity index (χ1v) is 46.5. The van der Waals surface area contributed by atoms with Crippen LogP contribution in [0.2, 0.25) is 0 Å². The highest BCUT2D eigenvalue weighted by molar-refractivity contribution is 6.31. The average Bonchev–Trinajstić information content (AvgIpc) is 1.54. The van der Waals surface area contributed by atoms with Crippen LogP contribution in [-0.4, -0.2) is 17.8 Å². The molecule has 0 bridgehead atoms. The molecule has 0 aliphatic carbocycles. The van der Waals surface area contributed by atoms with Crippen LogP contribution < -0.4 is 0 Å². The van der Waals surface area contributed by atoms with Crippen molar-refractivity contribution in [1.29, 1.82) is 0 Å². The predicted octanol–water partition coefficient (Wildman–Crippen LogP) is 36.3.